The van der Waals surface area contributed by atoms with Gasteiger partial charge in [0.2, 0.25) is 11.8 Å². The van der Waals surface area contributed by atoms with E-state index >= 15 is 0 Å². The summed E-state index contributed by atoms with van der Waals surface area (Å²) in [5.74, 6) is -0.102. The minimum absolute atomic E-state index is 0.122. The molecule has 1 aromatic carbocycles. The molecular weight excluding hydrogens is 306 g/mol. The van der Waals surface area contributed by atoms with Crippen molar-refractivity contribution in [2.75, 3.05) is 26.2 Å². The van der Waals surface area contributed by atoms with Crippen molar-refractivity contribution in [2.24, 2.45) is 0 Å². The van der Waals surface area contributed by atoms with Gasteiger partial charge in [0.15, 0.2) is 0 Å². The van der Waals surface area contributed by atoms with Crippen LogP contribution in [0, 0.1) is 6.92 Å². The van der Waals surface area contributed by atoms with Gasteiger partial charge < -0.3 is 9.80 Å². The third-order valence-corrected chi connectivity index (χ3v) is 4.09. The van der Waals surface area contributed by atoms with Crippen molar-refractivity contribution in [1.29, 1.82) is 0 Å². The lowest BCUT2D eigenvalue weighted by molar-refractivity contribution is -0.130. The van der Waals surface area contributed by atoms with Crippen molar-refractivity contribution in [1.82, 2.24) is 15.1 Å². The third-order valence-electron chi connectivity index (χ3n) is 4.09. The van der Waals surface area contributed by atoms with Gasteiger partial charge in [-0.25, -0.2) is 4.79 Å². The van der Waals surface area contributed by atoms with E-state index in [2.05, 4.69) is 24.4 Å². The molecule has 2 fully saturated rings. The molecule has 2 heterocycles. The molecule has 0 bridgehead atoms. The van der Waals surface area contributed by atoms with Crippen molar-refractivity contribution in [3.8, 4) is 0 Å². The normalized spacial score (nSPS) is 16.7. The topological polar surface area (TPSA) is 69.7 Å². The van der Waals surface area contributed by atoms with Crippen molar-refractivity contribution >= 4 is 17.8 Å². The summed E-state index contributed by atoms with van der Waals surface area (Å²) in [6.45, 7) is 4.40. The number of hydrogen-bond donors (Lipinski definition) is 1. The number of hydrogen-bond acceptors (Lipinski definition) is 3. The molecule has 0 aliphatic carbocycles. The van der Waals surface area contributed by atoms with Crippen LogP contribution < -0.4 is 5.32 Å². The largest absolute Gasteiger partial charge is 0.343 e. The monoisotopic (exact) mass is 331 g/mol. The average Bonchev–Trinajstić information content (AvgIpc) is 3.19. The number of nitrogens with zero attached hydrogens (tertiary/aromatic N) is 2. The Labute approximate surface area is 142 Å². The highest BCUT2D eigenvalue weighted by Gasteiger charge is 2.26. The maximum atomic E-state index is 11.7. The van der Waals surface area contributed by atoms with Gasteiger partial charge in [0.05, 0.1) is 0 Å². The van der Waals surface area contributed by atoms with Crippen LogP contribution in [0.25, 0.3) is 0 Å². The van der Waals surface area contributed by atoms with Crippen LogP contribution in [0.5, 0.6) is 0 Å². The minimum atomic E-state index is -0.344. The Morgan fingerprint density at radius 3 is 2.29 bits per heavy atom. The highest BCUT2D eigenvalue weighted by atomic mass is 16.2. The molecule has 24 heavy (non-hydrogen) atoms. The van der Waals surface area contributed by atoms with E-state index in [0.29, 0.717) is 19.4 Å². The zero-order valence-corrected chi connectivity index (χ0v) is 14.2. The number of aryl methyl sites for hydroxylation is 1. The quantitative estimate of drug-likeness (QED) is 0.857. The SMILES string of the molecule is Cc1ccccc1.O=C1CN(CCCC(=O)N2CCCC2)C(=O)N1. The molecule has 0 saturated carbocycles. The van der Waals surface area contributed by atoms with Crippen LogP contribution in [0.2, 0.25) is 0 Å². The van der Waals surface area contributed by atoms with E-state index in [1.807, 2.05) is 23.1 Å². The van der Waals surface area contributed by atoms with Gasteiger partial charge in [0, 0.05) is 26.1 Å². The Bertz CT molecular complexity index is 568. The molecule has 0 spiro atoms. The van der Waals surface area contributed by atoms with Gasteiger partial charge in [-0.1, -0.05) is 35.9 Å². The predicted molar refractivity (Wildman–Crippen MR) is 91.3 cm³/mol. The molecule has 6 nitrogen and oxygen atoms in total. The van der Waals surface area contributed by atoms with Crippen LogP contribution >= 0.6 is 0 Å². The fourth-order valence-electron chi connectivity index (χ4n) is 2.74. The molecule has 130 valence electrons. The van der Waals surface area contributed by atoms with Gasteiger partial charge in [-0.2, -0.15) is 0 Å². The molecule has 2 saturated heterocycles. The number of imide groups is 1. The lowest BCUT2D eigenvalue weighted by Gasteiger charge is -2.16. The average molecular weight is 331 g/mol. The number of urea groups is 1. The number of amides is 4. The first-order valence-corrected chi connectivity index (χ1v) is 8.44. The fraction of sp³-hybridized carbons (Fsp3) is 0.500. The van der Waals surface area contributed by atoms with E-state index in [1.54, 1.807) is 0 Å². The summed E-state index contributed by atoms with van der Waals surface area (Å²) >= 11 is 0. The zero-order valence-electron chi connectivity index (χ0n) is 14.2. The number of carbonyl (C=O) groups is 3. The molecule has 0 radical (unpaired) electrons. The Morgan fingerprint density at radius 1 is 1.12 bits per heavy atom. The van der Waals surface area contributed by atoms with Crippen LogP contribution in [0.3, 0.4) is 0 Å². The summed E-state index contributed by atoms with van der Waals surface area (Å²) in [5, 5.41) is 2.21. The summed E-state index contributed by atoms with van der Waals surface area (Å²) in [6, 6.07) is 9.92. The van der Waals surface area contributed by atoms with Gasteiger partial charge in [0.25, 0.3) is 0 Å². The Balaban J connectivity index is 0.000000249. The molecule has 1 aromatic rings. The maximum Gasteiger partial charge on any atom is 0.324 e. The molecular formula is C18H25N3O3. The molecule has 0 atom stereocenters. The molecule has 3 rings (SSSR count). The van der Waals surface area contributed by atoms with Crippen molar-refractivity contribution in [2.45, 2.75) is 32.6 Å². The van der Waals surface area contributed by atoms with E-state index in [0.717, 1.165) is 25.9 Å². The molecule has 6 heteroatoms. The first-order chi connectivity index (χ1) is 11.6. The number of rotatable bonds is 4. The van der Waals surface area contributed by atoms with Crippen molar-refractivity contribution < 1.29 is 14.4 Å². The second-order valence-corrected chi connectivity index (χ2v) is 6.12. The Hall–Kier alpha value is -2.37. The zero-order chi connectivity index (χ0) is 17.4. The smallest absolute Gasteiger partial charge is 0.324 e. The molecule has 0 unspecified atom stereocenters. The number of likely N-dealkylation sites (tertiary alicyclic amines) is 1. The Morgan fingerprint density at radius 2 is 1.79 bits per heavy atom. The minimum Gasteiger partial charge on any atom is -0.343 e. The van der Waals surface area contributed by atoms with Gasteiger partial charge in [-0.05, 0) is 26.2 Å². The fourth-order valence-corrected chi connectivity index (χ4v) is 2.74. The summed E-state index contributed by atoms with van der Waals surface area (Å²) < 4.78 is 0. The summed E-state index contributed by atoms with van der Waals surface area (Å²) in [4.78, 5) is 37.2. The lowest BCUT2D eigenvalue weighted by atomic mass is 10.2. The number of nitrogens with one attached hydrogen (secondary N) is 1. The van der Waals surface area contributed by atoms with Gasteiger partial charge in [-0.15, -0.1) is 0 Å². The van der Waals surface area contributed by atoms with Gasteiger partial charge >= 0.3 is 6.03 Å². The number of benzene rings is 1. The van der Waals surface area contributed by atoms with Crippen LogP contribution in [-0.4, -0.2) is 53.8 Å². The predicted octanol–water partition coefficient (Wildman–Crippen LogP) is 1.94. The lowest BCUT2D eigenvalue weighted by Crippen LogP contribution is -2.31. The van der Waals surface area contributed by atoms with E-state index < -0.39 is 0 Å². The van der Waals surface area contributed by atoms with Crippen LogP contribution in [-0.2, 0) is 9.59 Å². The maximum absolute atomic E-state index is 11.7. The summed E-state index contributed by atoms with van der Waals surface area (Å²) in [6.07, 6.45) is 3.26. The molecule has 4 amide bonds. The first-order valence-electron chi connectivity index (χ1n) is 8.44. The van der Waals surface area contributed by atoms with Crippen molar-refractivity contribution in [3.63, 3.8) is 0 Å². The summed E-state index contributed by atoms with van der Waals surface area (Å²) in [7, 11) is 0. The summed E-state index contributed by atoms with van der Waals surface area (Å²) in [5.41, 5.74) is 1.32. The van der Waals surface area contributed by atoms with E-state index in [1.165, 1.54) is 10.5 Å². The second kappa shape index (κ2) is 9.05. The highest BCUT2D eigenvalue weighted by molar-refractivity contribution is 6.01. The van der Waals surface area contributed by atoms with E-state index in [9.17, 15) is 14.4 Å². The third kappa shape index (κ3) is 5.68. The molecule has 1 N–H and O–H groups in total. The first kappa shape index (κ1) is 18.0. The number of carbonyl (C=O) groups excluding carboxylic acids is 3. The molecule has 2 aliphatic heterocycles. The standard InChI is InChI=1S/C11H17N3O3.C7H8/c15-9-8-14(11(17)12-9)7-3-4-10(16)13-5-1-2-6-13;1-7-5-3-2-4-6-7/h1-8H2,(H,12,15,17);2-6H,1H3. The van der Waals surface area contributed by atoms with Crippen LogP contribution in [0.15, 0.2) is 30.3 Å². The van der Waals surface area contributed by atoms with Gasteiger partial charge in [0.1, 0.15) is 6.54 Å². The molecule has 0 aromatic heterocycles. The highest BCUT2D eigenvalue weighted by Crippen LogP contribution is 2.10. The van der Waals surface area contributed by atoms with Gasteiger partial charge in [-0.3, -0.25) is 14.9 Å². The Kier molecular flexibility index (Phi) is 6.78. The van der Waals surface area contributed by atoms with Crippen molar-refractivity contribution in [3.05, 3.63) is 35.9 Å². The molecule has 2 aliphatic rings. The van der Waals surface area contributed by atoms with E-state index in [4.69, 9.17) is 0 Å². The van der Waals surface area contributed by atoms with Crippen LogP contribution in [0.4, 0.5) is 4.79 Å². The second-order valence-electron chi connectivity index (χ2n) is 6.12. The van der Waals surface area contributed by atoms with E-state index in [-0.39, 0.29) is 24.4 Å². The van der Waals surface area contributed by atoms with Crippen LogP contribution in [0.1, 0.15) is 31.2 Å².